The maximum Gasteiger partial charge on any atom is 0.247 e. The summed E-state index contributed by atoms with van der Waals surface area (Å²) in [5.41, 5.74) is 0.954. The molecule has 5 nitrogen and oxygen atoms in total. The van der Waals surface area contributed by atoms with Gasteiger partial charge in [-0.15, -0.1) is 10.2 Å². The number of rotatable bonds is 3. The summed E-state index contributed by atoms with van der Waals surface area (Å²) in [6.45, 7) is 6.65. The molecule has 2 aromatic rings. The molecule has 1 aliphatic rings. The average molecular weight is 273 g/mol. The summed E-state index contributed by atoms with van der Waals surface area (Å²) in [5.74, 6) is 1.24. The van der Waals surface area contributed by atoms with E-state index in [0.717, 1.165) is 18.7 Å². The van der Waals surface area contributed by atoms with E-state index < -0.39 is 0 Å². The van der Waals surface area contributed by atoms with Crippen molar-refractivity contribution in [2.24, 2.45) is 0 Å². The lowest BCUT2D eigenvalue weighted by Gasteiger charge is -2.34. The maximum absolute atomic E-state index is 5.74. The summed E-state index contributed by atoms with van der Waals surface area (Å²) in [7, 11) is 0. The average Bonchev–Trinajstić information content (AvgIpc) is 2.87. The second kappa shape index (κ2) is 5.73. The Morgan fingerprint density at radius 3 is 2.50 bits per heavy atom. The molecule has 0 amide bonds. The first-order valence-corrected chi connectivity index (χ1v) is 6.96. The number of nitrogens with zero attached hydrogens (tertiary/aromatic N) is 3. The Morgan fingerprint density at radius 1 is 1.10 bits per heavy atom. The fourth-order valence-corrected chi connectivity index (χ4v) is 2.62. The van der Waals surface area contributed by atoms with Crippen molar-refractivity contribution in [2.75, 3.05) is 13.1 Å². The van der Waals surface area contributed by atoms with Gasteiger partial charge in [-0.2, -0.15) is 0 Å². The molecule has 2 atom stereocenters. The van der Waals surface area contributed by atoms with E-state index in [4.69, 9.17) is 9.15 Å². The van der Waals surface area contributed by atoms with E-state index in [9.17, 15) is 0 Å². The normalized spacial score (nSPS) is 23.9. The van der Waals surface area contributed by atoms with Crippen molar-refractivity contribution in [1.29, 1.82) is 0 Å². The highest BCUT2D eigenvalue weighted by Crippen LogP contribution is 2.19. The van der Waals surface area contributed by atoms with Crippen molar-refractivity contribution in [2.45, 2.75) is 32.6 Å². The number of ether oxygens (including phenoxy) is 1. The van der Waals surface area contributed by atoms with Crippen molar-refractivity contribution >= 4 is 0 Å². The minimum Gasteiger partial charge on any atom is -0.419 e. The van der Waals surface area contributed by atoms with Gasteiger partial charge in [-0.05, 0) is 26.0 Å². The minimum atomic E-state index is 0.246. The van der Waals surface area contributed by atoms with Gasteiger partial charge in [0.1, 0.15) is 0 Å². The Hall–Kier alpha value is -1.72. The van der Waals surface area contributed by atoms with Crippen LogP contribution in [0.5, 0.6) is 0 Å². The van der Waals surface area contributed by atoms with Crippen LogP contribution in [0, 0.1) is 0 Å². The van der Waals surface area contributed by atoms with E-state index in [0.29, 0.717) is 18.3 Å². The Balaban J connectivity index is 1.68. The third-order valence-electron chi connectivity index (χ3n) is 3.34. The first-order valence-electron chi connectivity index (χ1n) is 6.96. The Labute approximate surface area is 118 Å². The molecular formula is C15H19N3O2. The zero-order valence-electron chi connectivity index (χ0n) is 11.8. The molecule has 1 aliphatic heterocycles. The highest BCUT2D eigenvalue weighted by Gasteiger charge is 2.23. The van der Waals surface area contributed by atoms with Crippen molar-refractivity contribution in [3.05, 3.63) is 36.2 Å². The van der Waals surface area contributed by atoms with Gasteiger partial charge in [0.15, 0.2) is 0 Å². The second-order valence-corrected chi connectivity index (χ2v) is 5.32. The van der Waals surface area contributed by atoms with Gasteiger partial charge in [-0.3, -0.25) is 4.90 Å². The minimum absolute atomic E-state index is 0.246. The third-order valence-corrected chi connectivity index (χ3v) is 3.34. The maximum atomic E-state index is 5.74. The molecule has 0 unspecified atom stereocenters. The molecular weight excluding hydrogens is 254 g/mol. The molecule has 0 spiro atoms. The fraction of sp³-hybridized carbons (Fsp3) is 0.467. The van der Waals surface area contributed by atoms with Crippen LogP contribution in [0.3, 0.4) is 0 Å². The van der Waals surface area contributed by atoms with Crippen LogP contribution in [-0.4, -0.2) is 40.4 Å². The highest BCUT2D eigenvalue weighted by atomic mass is 16.5. The third kappa shape index (κ3) is 3.05. The molecule has 0 bridgehead atoms. The van der Waals surface area contributed by atoms with Crippen molar-refractivity contribution in [3.63, 3.8) is 0 Å². The zero-order chi connectivity index (χ0) is 13.9. The lowest BCUT2D eigenvalue weighted by atomic mass is 10.2. The Bertz CT molecular complexity index is 545. The fourth-order valence-electron chi connectivity index (χ4n) is 2.62. The number of benzene rings is 1. The van der Waals surface area contributed by atoms with E-state index in [1.54, 1.807) is 0 Å². The molecule has 1 fully saturated rings. The van der Waals surface area contributed by atoms with Crippen LogP contribution in [-0.2, 0) is 11.3 Å². The van der Waals surface area contributed by atoms with Crippen LogP contribution < -0.4 is 0 Å². The molecule has 0 aliphatic carbocycles. The molecule has 20 heavy (non-hydrogen) atoms. The van der Waals surface area contributed by atoms with Crippen LogP contribution in [0.1, 0.15) is 19.7 Å². The van der Waals surface area contributed by atoms with Crippen molar-refractivity contribution in [3.8, 4) is 11.5 Å². The zero-order valence-corrected chi connectivity index (χ0v) is 11.8. The Morgan fingerprint density at radius 2 is 1.80 bits per heavy atom. The summed E-state index contributed by atoms with van der Waals surface area (Å²) in [5, 5.41) is 8.25. The van der Waals surface area contributed by atoms with Gasteiger partial charge in [-0.25, -0.2) is 0 Å². The number of hydrogen-bond acceptors (Lipinski definition) is 5. The van der Waals surface area contributed by atoms with Gasteiger partial charge in [0.2, 0.25) is 11.8 Å². The van der Waals surface area contributed by atoms with Gasteiger partial charge in [-0.1, -0.05) is 18.2 Å². The van der Waals surface area contributed by atoms with Crippen LogP contribution >= 0.6 is 0 Å². The number of aromatic nitrogens is 2. The quantitative estimate of drug-likeness (QED) is 0.859. The molecule has 5 heteroatoms. The van der Waals surface area contributed by atoms with Gasteiger partial charge in [0, 0.05) is 18.7 Å². The van der Waals surface area contributed by atoms with E-state index >= 15 is 0 Å². The Kier molecular flexibility index (Phi) is 3.80. The van der Waals surface area contributed by atoms with Crippen molar-refractivity contribution in [1.82, 2.24) is 15.1 Å². The lowest BCUT2D eigenvalue weighted by molar-refractivity contribution is -0.0721. The first-order chi connectivity index (χ1) is 9.70. The molecule has 2 heterocycles. The van der Waals surface area contributed by atoms with Crippen molar-refractivity contribution < 1.29 is 9.15 Å². The molecule has 1 aromatic carbocycles. The van der Waals surface area contributed by atoms with Crippen LogP contribution in [0.15, 0.2) is 34.7 Å². The second-order valence-electron chi connectivity index (χ2n) is 5.32. The predicted octanol–water partition coefficient (Wildman–Crippen LogP) is 2.35. The van der Waals surface area contributed by atoms with E-state index in [-0.39, 0.29) is 12.2 Å². The molecule has 1 saturated heterocycles. The molecule has 1 aromatic heterocycles. The summed E-state index contributed by atoms with van der Waals surface area (Å²) < 4.78 is 11.5. The molecule has 3 rings (SSSR count). The van der Waals surface area contributed by atoms with Gasteiger partial charge >= 0.3 is 0 Å². The van der Waals surface area contributed by atoms with Crippen LogP contribution in [0.4, 0.5) is 0 Å². The van der Waals surface area contributed by atoms with Crippen LogP contribution in [0.2, 0.25) is 0 Å². The monoisotopic (exact) mass is 273 g/mol. The summed E-state index contributed by atoms with van der Waals surface area (Å²) in [4.78, 5) is 2.29. The predicted molar refractivity (Wildman–Crippen MR) is 75.0 cm³/mol. The number of morpholine rings is 1. The lowest BCUT2D eigenvalue weighted by Crippen LogP contribution is -2.44. The van der Waals surface area contributed by atoms with E-state index in [1.807, 2.05) is 30.3 Å². The molecule has 0 radical (unpaired) electrons. The summed E-state index contributed by atoms with van der Waals surface area (Å²) in [6, 6.07) is 9.83. The van der Waals surface area contributed by atoms with Gasteiger partial charge < -0.3 is 9.15 Å². The largest absolute Gasteiger partial charge is 0.419 e. The van der Waals surface area contributed by atoms with Gasteiger partial charge in [0.25, 0.3) is 0 Å². The van der Waals surface area contributed by atoms with E-state index in [2.05, 4.69) is 28.9 Å². The first kappa shape index (κ1) is 13.3. The standard InChI is InChI=1S/C15H19N3O2/c1-11-8-18(9-12(2)19-11)10-14-16-17-15(20-14)13-6-4-3-5-7-13/h3-7,11-12H,8-10H2,1-2H3/t11-,12-/m1/s1. The smallest absolute Gasteiger partial charge is 0.247 e. The SMILES string of the molecule is C[C@@H]1CN(Cc2nnc(-c3ccccc3)o2)C[C@@H](C)O1. The molecule has 106 valence electrons. The molecule has 0 saturated carbocycles. The van der Waals surface area contributed by atoms with Gasteiger partial charge in [0.05, 0.1) is 18.8 Å². The summed E-state index contributed by atoms with van der Waals surface area (Å²) in [6.07, 6.45) is 0.491. The molecule has 0 N–H and O–H groups in total. The van der Waals surface area contributed by atoms with Crippen LogP contribution in [0.25, 0.3) is 11.5 Å². The summed E-state index contributed by atoms with van der Waals surface area (Å²) >= 11 is 0. The topological polar surface area (TPSA) is 51.4 Å². The number of hydrogen-bond donors (Lipinski definition) is 0. The van der Waals surface area contributed by atoms with E-state index in [1.165, 1.54) is 0 Å². The highest BCUT2D eigenvalue weighted by molar-refractivity contribution is 5.51.